The fourth-order valence-electron chi connectivity index (χ4n) is 2.02. The molecule has 106 valence electrons. The summed E-state index contributed by atoms with van der Waals surface area (Å²) >= 11 is 3.50. The van der Waals surface area contributed by atoms with E-state index in [0.29, 0.717) is 6.54 Å². The van der Waals surface area contributed by atoms with Crippen molar-refractivity contribution in [1.82, 2.24) is 0 Å². The van der Waals surface area contributed by atoms with Gasteiger partial charge in [-0.3, -0.25) is 0 Å². The fraction of sp³-hybridized carbons (Fsp3) is 0.294. The molecule has 20 heavy (non-hydrogen) atoms. The number of ether oxygens (including phenoxy) is 1. The summed E-state index contributed by atoms with van der Waals surface area (Å²) in [5, 5.41) is 0. The second kappa shape index (κ2) is 5.98. The largest absolute Gasteiger partial charge is 0.457 e. The van der Waals surface area contributed by atoms with Gasteiger partial charge in [0.2, 0.25) is 0 Å². The lowest BCUT2D eigenvalue weighted by molar-refractivity contribution is 0.455. The zero-order valence-corrected chi connectivity index (χ0v) is 13.7. The lowest BCUT2D eigenvalue weighted by Gasteiger charge is -2.23. The van der Waals surface area contributed by atoms with E-state index < -0.39 is 0 Å². The van der Waals surface area contributed by atoms with Gasteiger partial charge in [0.25, 0.3) is 0 Å². The molecular formula is C17H20BrNO. The Kier molecular flexibility index (Phi) is 4.51. The molecule has 0 radical (unpaired) electrons. The van der Waals surface area contributed by atoms with Crippen LogP contribution in [-0.4, -0.2) is 0 Å². The minimum atomic E-state index is 0.0350. The monoisotopic (exact) mass is 333 g/mol. The predicted octanol–water partition coefficient (Wildman–Crippen LogP) is 5.00. The van der Waals surface area contributed by atoms with Gasteiger partial charge in [-0.15, -0.1) is 0 Å². The molecule has 0 amide bonds. The van der Waals surface area contributed by atoms with Gasteiger partial charge in [0, 0.05) is 16.6 Å². The van der Waals surface area contributed by atoms with Crippen LogP contribution in [0.4, 0.5) is 0 Å². The van der Waals surface area contributed by atoms with E-state index in [-0.39, 0.29) is 5.41 Å². The topological polar surface area (TPSA) is 35.2 Å². The van der Waals surface area contributed by atoms with Crippen LogP contribution in [0.2, 0.25) is 0 Å². The Hall–Kier alpha value is -1.32. The lowest BCUT2D eigenvalue weighted by Crippen LogP contribution is -2.12. The van der Waals surface area contributed by atoms with Gasteiger partial charge in [-0.1, -0.05) is 54.9 Å². The molecule has 2 N–H and O–H groups in total. The molecule has 0 bridgehead atoms. The summed E-state index contributed by atoms with van der Waals surface area (Å²) in [6, 6.07) is 14.1. The Labute approximate surface area is 129 Å². The number of rotatable bonds is 3. The van der Waals surface area contributed by atoms with Gasteiger partial charge >= 0.3 is 0 Å². The average Bonchev–Trinajstić information content (AvgIpc) is 2.38. The van der Waals surface area contributed by atoms with Crippen LogP contribution >= 0.6 is 15.9 Å². The minimum Gasteiger partial charge on any atom is -0.457 e. The zero-order chi connectivity index (χ0) is 14.8. The SMILES string of the molecule is CC(C)(C)c1ccc(Br)cc1Oc1ccc(CN)cc1. The molecule has 0 spiro atoms. The first-order valence-corrected chi connectivity index (χ1v) is 7.46. The molecule has 0 aliphatic heterocycles. The van der Waals surface area contributed by atoms with Crippen molar-refractivity contribution in [3.05, 3.63) is 58.1 Å². The number of hydrogen-bond donors (Lipinski definition) is 1. The maximum atomic E-state index is 6.05. The Balaban J connectivity index is 2.34. The molecule has 0 heterocycles. The molecule has 0 aromatic heterocycles. The van der Waals surface area contributed by atoms with Gasteiger partial charge in [-0.25, -0.2) is 0 Å². The van der Waals surface area contributed by atoms with E-state index in [1.165, 1.54) is 5.56 Å². The van der Waals surface area contributed by atoms with E-state index in [1.807, 2.05) is 36.4 Å². The van der Waals surface area contributed by atoms with Gasteiger partial charge in [0.05, 0.1) is 0 Å². The molecule has 0 atom stereocenters. The van der Waals surface area contributed by atoms with Gasteiger partial charge < -0.3 is 10.5 Å². The highest BCUT2D eigenvalue weighted by atomic mass is 79.9. The highest BCUT2D eigenvalue weighted by Crippen LogP contribution is 2.36. The molecule has 0 saturated heterocycles. The van der Waals surface area contributed by atoms with Crippen LogP contribution in [0.5, 0.6) is 11.5 Å². The fourth-order valence-corrected chi connectivity index (χ4v) is 2.36. The van der Waals surface area contributed by atoms with E-state index in [2.05, 4.69) is 42.8 Å². The number of nitrogens with two attached hydrogens (primary N) is 1. The molecule has 0 fully saturated rings. The average molecular weight is 334 g/mol. The Bertz CT molecular complexity index is 585. The maximum absolute atomic E-state index is 6.05. The number of halogens is 1. The van der Waals surface area contributed by atoms with Crippen molar-refractivity contribution >= 4 is 15.9 Å². The van der Waals surface area contributed by atoms with Crippen LogP contribution in [0.15, 0.2) is 46.9 Å². The highest BCUT2D eigenvalue weighted by Gasteiger charge is 2.19. The molecule has 0 aliphatic carbocycles. The van der Waals surface area contributed by atoms with Crippen molar-refractivity contribution in [2.24, 2.45) is 5.73 Å². The van der Waals surface area contributed by atoms with Crippen molar-refractivity contribution in [3.8, 4) is 11.5 Å². The number of benzene rings is 2. The molecule has 0 saturated carbocycles. The first-order chi connectivity index (χ1) is 9.40. The Morgan fingerprint density at radius 3 is 2.25 bits per heavy atom. The molecular weight excluding hydrogens is 314 g/mol. The van der Waals surface area contributed by atoms with Gasteiger partial charge in [0.1, 0.15) is 11.5 Å². The van der Waals surface area contributed by atoms with Crippen LogP contribution in [0.1, 0.15) is 31.9 Å². The van der Waals surface area contributed by atoms with E-state index in [0.717, 1.165) is 21.5 Å². The molecule has 3 heteroatoms. The second-order valence-electron chi connectivity index (χ2n) is 5.84. The van der Waals surface area contributed by atoms with Crippen molar-refractivity contribution in [2.75, 3.05) is 0 Å². The van der Waals surface area contributed by atoms with Crippen LogP contribution in [0.3, 0.4) is 0 Å². The summed E-state index contributed by atoms with van der Waals surface area (Å²) in [6.07, 6.45) is 0. The minimum absolute atomic E-state index is 0.0350. The summed E-state index contributed by atoms with van der Waals surface area (Å²) in [4.78, 5) is 0. The van der Waals surface area contributed by atoms with Crippen molar-refractivity contribution in [1.29, 1.82) is 0 Å². The summed E-state index contributed by atoms with van der Waals surface area (Å²) in [6.45, 7) is 7.09. The normalized spacial score (nSPS) is 11.4. The van der Waals surface area contributed by atoms with Crippen LogP contribution < -0.4 is 10.5 Å². The number of hydrogen-bond acceptors (Lipinski definition) is 2. The quantitative estimate of drug-likeness (QED) is 0.857. The van der Waals surface area contributed by atoms with Crippen molar-refractivity contribution in [2.45, 2.75) is 32.7 Å². The van der Waals surface area contributed by atoms with Gasteiger partial charge in [0.15, 0.2) is 0 Å². The third-order valence-corrected chi connectivity index (χ3v) is 3.63. The van der Waals surface area contributed by atoms with E-state index in [9.17, 15) is 0 Å². The third kappa shape index (κ3) is 3.62. The lowest BCUT2D eigenvalue weighted by atomic mass is 9.86. The first-order valence-electron chi connectivity index (χ1n) is 6.67. The van der Waals surface area contributed by atoms with E-state index in [4.69, 9.17) is 10.5 Å². The Morgan fingerprint density at radius 2 is 1.70 bits per heavy atom. The van der Waals surface area contributed by atoms with Crippen LogP contribution in [0.25, 0.3) is 0 Å². The smallest absolute Gasteiger partial charge is 0.132 e. The summed E-state index contributed by atoms with van der Waals surface area (Å²) < 4.78 is 7.06. The molecule has 2 aromatic carbocycles. The highest BCUT2D eigenvalue weighted by molar-refractivity contribution is 9.10. The van der Waals surface area contributed by atoms with Gasteiger partial charge in [-0.2, -0.15) is 0 Å². The molecule has 2 aromatic rings. The maximum Gasteiger partial charge on any atom is 0.132 e. The first kappa shape index (κ1) is 15.1. The molecule has 0 unspecified atom stereocenters. The predicted molar refractivity (Wildman–Crippen MR) is 87.2 cm³/mol. The van der Waals surface area contributed by atoms with Crippen molar-refractivity contribution in [3.63, 3.8) is 0 Å². The second-order valence-corrected chi connectivity index (χ2v) is 6.76. The van der Waals surface area contributed by atoms with Crippen molar-refractivity contribution < 1.29 is 4.74 Å². The molecule has 0 aliphatic rings. The summed E-state index contributed by atoms with van der Waals surface area (Å²) in [5.41, 5.74) is 7.93. The summed E-state index contributed by atoms with van der Waals surface area (Å²) in [7, 11) is 0. The van der Waals surface area contributed by atoms with Crippen LogP contribution in [-0.2, 0) is 12.0 Å². The van der Waals surface area contributed by atoms with E-state index >= 15 is 0 Å². The van der Waals surface area contributed by atoms with E-state index in [1.54, 1.807) is 0 Å². The molecule has 2 nitrogen and oxygen atoms in total. The molecule has 2 rings (SSSR count). The third-order valence-electron chi connectivity index (χ3n) is 3.14. The summed E-state index contributed by atoms with van der Waals surface area (Å²) in [5.74, 6) is 1.71. The standard InChI is InChI=1S/C17H20BrNO/c1-17(2,3)15-9-6-13(18)10-16(15)20-14-7-4-12(11-19)5-8-14/h4-10H,11,19H2,1-3H3. The van der Waals surface area contributed by atoms with Gasteiger partial charge in [-0.05, 0) is 35.2 Å². The zero-order valence-electron chi connectivity index (χ0n) is 12.1. The van der Waals surface area contributed by atoms with Crippen LogP contribution in [0, 0.1) is 0 Å². The Morgan fingerprint density at radius 1 is 1.05 bits per heavy atom.